The second-order valence-electron chi connectivity index (χ2n) is 4.20. The van der Waals surface area contributed by atoms with Crippen molar-refractivity contribution < 1.29 is 14.3 Å². The third-order valence-electron chi connectivity index (χ3n) is 2.78. The lowest BCUT2D eigenvalue weighted by atomic mass is 10.2. The highest BCUT2D eigenvalue weighted by atomic mass is 32.1. The van der Waals surface area contributed by atoms with E-state index in [4.69, 9.17) is 0 Å². The summed E-state index contributed by atoms with van der Waals surface area (Å²) in [6.45, 7) is 0.328. The number of rotatable bonds is 5. The summed E-state index contributed by atoms with van der Waals surface area (Å²) in [5.74, 6) is -0.583. The van der Waals surface area contributed by atoms with Gasteiger partial charge in [-0.3, -0.25) is 9.59 Å². The van der Waals surface area contributed by atoms with Gasteiger partial charge in [0, 0.05) is 6.54 Å². The number of nitrogens with zero attached hydrogens (tertiary/aromatic N) is 1. The minimum atomic E-state index is -0.425. The van der Waals surface area contributed by atoms with Gasteiger partial charge in [0.15, 0.2) is 0 Å². The van der Waals surface area contributed by atoms with Crippen molar-refractivity contribution in [3.8, 4) is 0 Å². The number of hydrogen-bond donors (Lipinski definition) is 0. The van der Waals surface area contributed by atoms with Crippen LogP contribution in [0.2, 0.25) is 0 Å². The van der Waals surface area contributed by atoms with Crippen LogP contribution in [0.1, 0.15) is 15.2 Å². The van der Waals surface area contributed by atoms with Crippen molar-refractivity contribution in [3.63, 3.8) is 0 Å². The van der Waals surface area contributed by atoms with Crippen molar-refractivity contribution in [3.05, 3.63) is 58.3 Å². The molecule has 5 heteroatoms. The van der Waals surface area contributed by atoms with E-state index in [9.17, 15) is 9.59 Å². The number of hydrogen-bond acceptors (Lipinski definition) is 4. The van der Waals surface area contributed by atoms with Gasteiger partial charge >= 0.3 is 5.97 Å². The molecular formula is C15H15NO3S. The third-order valence-corrected chi connectivity index (χ3v) is 3.64. The fourth-order valence-corrected chi connectivity index (χ4v) is 2.47. The lowest BCUT2D eigenvalue weighted by Gasteiger charge is -2.20. The number of carbonyl (C=O) groups is 2. The molecule has 0 atom stereocenters. The number of esters is 1. The molecule has 0 saturated carbocycles. The smallest absolute Gasteiger partial charge is 0.325 e. The first kappa shape index (κ1) is 14.3. The van der Waals surface area contributed by atoms with Crippen molar-refractivity contribution in [1.29, 1.82) is 0 Å². The normalized spacial score (nSPS) is 10.1. The first-order valence-electron chi connectivity index (χ1n) is 6.14. The Labute approximate surface area is 121 Å². The summed E-state index contributed by atoms with van der Waals surface area (Å²) in [6, 6.07) is 13.1. The molecule has 0 saturated heterocycles. The lowest BCUT2D eigenvalue weighted by molar-refractivity contribution is -0.141. The highest BCUT2D eigenvalue weighted by Gasteiger charge is 2.20. The molecule has 1 amide bonds. The summed E-state index contributed by atoms with van der Waals surface area (Å²) < 4.78 is 4.66. The second kappa shape index (κ2) is 6.86. The van der Waals surface area contributed by atoms with E-state index in [0.717, 1.165) is 5.56 Å². The van der Waals surface area contributed by atoms with Crippen molar-refractivity contribution in [1.82, 2.24) is 4.90 Å². The van der Waals surface area contributed by atoms with Crippen molar-refractivity contribution in [2.75, 3.05) is 13.7 Å². The zero-order valence-electron chi connectivity index (χ0n) is 11.1. The summed E-state index contributed by atoms with van der Waals surface area (Å²) in [4.78, 5) is 26.0. The van der Waals surface area contributed by atoms with E-state index in [-0.39, 0.29) is 12.5 Å². The second-order valence-corrected chi connectivity index (χ2v) is 5.15. The zero-order chi connectivity index (χ0) is 14.4. The van der Waals surface area contributed by atoms with Gasteiger partial charge in [-0.2, -0.15) is 0 Å². The lowest BCUT2D eigenvalue weighted by Crippen LogP contribution is -2.35. The molecule has 2 aromatic rings. The third kappa shape index (κ3) is 3.68. The van der Waals surface area contributed by atoms with Crippen LogP contribution in [0.25, 0.3) is 0 Å². The molecule has 2 rings (SSSR count). The highest BCUT2D eigenvalue weighted by Crippen LogP contribution is 2.14. The number of amides is 1. The average Bonchev–Trinajstić information content (AvgIpc) is 3.01. The van der Waals surface area contributed by atoms with Gasteiger partial charge in [0.25, 0.3) is 5.91 Å². The molecule has 20 heavy (non-hydrogen) atoms. The van der Waals surface area contributed by atoms with Gasteiger partial charge in [0.2, 0.25) is 0 Å². The van der Waals surface area contributed by atoms with E-state index in [0.29, 0.717) is 11.4 Å². The number of benzene rings is 1. The standard InChI is InChI=1S/C15H15NO3S/c1-19-14(17)11-16(10-12-6-3-2-4-7-12)15(18)13-8-5-9-20-13/h2-9H,10-11H2,1H3. The van der Waals surface area contributed by atoms with Crippen LogP contribution in [0.3, 0.4) is 0 Å². The topological polar surface area (TPSA) is 46.6 Å². The molecule has 0 aliphatic rings. The van der Waals surface area contributed by atoms with Crippen LogP contribution >= 0.6 is 11.3 Å². The van der Waals surface area contributed by atoms with Gasteiger partial charge < -0.3 is 9.64 Å². The predicted octanol–water partition coefficient (Wildman–Crippen LogP) is 2.56. The Balaban J connectivity index is 2.16. The maximum atomic E-state index is 12.4. The molecule has 0 spiro atoms. The Hall–Kier alpha value is -2.14. The van der Waals surface area contributed by atoms with Crippen LogP contribution in [-0.2, 0) is 16.1 Å². The molecule has 0 N–H and O–H groups in total. The fourth-order valence-electron chi connectivity index (χ4n) is 1.78. The fraction of sp³-hybridized carbons (Fsp3) is 0.200. The van der Waals surface area contributed by atoms with Gasteiger partial charge in [0.1, 0.15) is 6.54 Å². The highest BCUT2D eigenvalue weighted by molar-refractivity contribution is 7.12. The molecule has 1 heterocycles. The summed E-state index contributed by atoms with van der Waals surface area (Å²) in [5.41, 5.74) is 0.973. The Kier molecular flexibility index (Phi) is 4.90. The molecule has 0 bridgehead atoms. The van der Waals surface area contributed by atoms with Crippen LogP contribution < -0.4 is 0 Å². The Morgan fingerprint density at radius 2 is 1.90 bits per heavy atom. The first-order chi connectivity index (χ1) is 9.70. The van der Waals surface area contributed by atoms with Gasteiger partial charge in [-0.25, -0.2) is 0 Å². The van der Waals surface area contributed by atoms with Crippen LogP contribution in [0, 0.1) is 0 Å². The summed E-state index contributed by atoms with van der Waals surface area (Å²) in [6.07, 6.45) is 0. The van der Waals surface area contributed by atoms with Crippen LogP contribution in [0.4, 0.5) is 0 Å². The summed E-state index contributed by atoms with van der Waals surface area (Å²) in [7, 11) is 1.32. The zero-order valence-corrected chi connectivity index (χ0v) is 11.9. The molecule has 0 aliphatic heterocycles. The monoisotopic (exact) mass is 289 g/mol. The number of carbonyl (C=O) groups excluding carboxylic acids is 2. The predicted molar refractivity (Wildman–Crippen MR) is 77.5 cm³/mol. The largest absolute Gasteiger partial charge is 0.468 e. The van der Waals surface area contributed by atoms with Crippen LogP contribution in [0.15, 0.2) is 47.8 Å². The minimum absolute atomic E-state index is 0.0534. The van der Waals surface area contributed by atoms with E-state index in [1.54, 1.807) is 6.07 Å². The quantitative estimate of drug-likeness (QED) is 0.795. The molecule has 1 aromatic carbocycles. The number of ether oxygens (including phenoxy) is 1. The Morgan fingerprint density at radius 3 is 2.50 bits per heavy atom. The van der Waals surface area contributed by atoms with Crippen molar-refractivity contribution in [2.24, 2.45) is 0 Å². The molecule has 0 radical (unpaired) electrons. The maximum absolute atomic E-state index is 12.4. The molecule has 104 valence electrons. The maximum Gasteiger partial charge on any atom is 0.325 e. The van der Waals surface area contributed by atoms with E-state index in [2.05, 4.69) is 4.74 Å². The molecule has 0 unspecified atom stereocenters. The number of thiophene rings is 1. The Bertz CT molecular complexity index is 566. The average molecular weight is 289 g/mol. The number of methoxy groups -OCH3 is 1. The van der Waals surface area contributed by atoms with E-state index < -0.39 is 5.97 Å². The van der Waals surface area contributed by atoms with E-state index in [1.165, 1.54) is 23.3 Å². The molecule has 4 nitrogen and oxygen atoms in total. The minimum Gasteiger partial charge on any atom is -0.468 e. The first-order valence-corrected chi connectivity index (χ1v) is 7.02. The summed E-state index contributed by atoms with van der Waals surface area (Å²) >= 11 is 1.36. The SMILES string of the molecule is COC(=O)CN(Cc1ccccc1)C(=O)c1cccs1. The Morgan fingerprint density at radius 1 is 1.15 bits per heavy atom. The summed E-state index contributed by atoms with van der Waals surface area (Å²) in [5, 5.41) is 1.84. The van der Waals surface area contributed by atoms with Crippen molar-refractivity contribution in [2.45, 2.75) is 6.54 Å². The van der Waals surface area contributed by atoms with Crippen LogP contribution in [0.5, 0.6) is 0 Å². The molecule has 0 aliphatic carbocycles. The molecular weight excluding hydrogens is 274 g/mol. The molecule has 1 aromatic heterocycles. The van der Waals surface area contributed by atoms with E-state index >= 15 is 0 Å². The van der Waals surface area contributed by atoms with Crippen LogP contribution in [-0.4, -0.2) is 30.4 Å². The van der Waals surface area contributed by atoms with Crippen molar-refractivity contribution >= 4 is 23.2 Å². The molecule has 0 fully saturated rings. The van der Waals surface area contributed by atoms with Gasteiger partial charge in [-0.1, -0.05) is 36.4 Å². The van der Waals surface area contributed by atoms with E-state index in [1.807, 2.05) is 41.8 Å². The van der Waals surface area contributed by atoms with Gasteiger partial charge in [-0.05, 0) is 17.0 Å². The van der Waals surface area contributed by atoms with Gasteiger partial charge in [-0.15, -0.1) is 11.3 Å². The van der Waals surface area contributed by atoms with Gasteiger partial charge in [0.05, 0.1) is 12.0 Å².